The van der Waals surface area contributed by atoms with E-state index < -0.39 is 36.1 Å². The van der Waals surface area contributed by atoms with E-state index in [4.69, 9.17) is 15.9 Å². The van der Waals surface area contributed by atoms with E-state index in [-0.39, 0.29) is 5.56 Å². The smallest absolute Gasteiger partial charge is 0.320 e. The average molecular weight is 251 g/mol. The molecule has 0 aromatic heterocycles. The van der Waals surface area contributed by atoms with E-state index in [9.17, 15) is 14.4 Å². The summed E-state index contributed by atoms with van der Waals surface area (Å²) in [6.07, 6.45) is -0.432. The standard InChI is InChI=1S/C12H13NO5/c13-9(12(17)18)6-8(11(15)16)10(14)7-4-2-1-3-5-7/h1-5,8-9H,6,13H2,(H,15,16)(H,17,18)/t8?,9-/m0/s1. The van der Waals surface area contributed by atoms with E-state index in [1.165, 1.54) is 12.1 Å². The second-order valence-corrected chi connectivity index (χ2v) is 3.80. The van der Waals surface area contributed by atoms with Crippen LogP contribution in [-0.2, 0) is 9.59 Å². The first kappa shape index (κ1) is 13.9. The fraction of sp³-hybridized carbons (Fsp3) is 0.250. The maximum atomic E-state index is 11.9. The third-order valence-corrected chi connectivity index (χ3v) is 2.48. The number of Topliss-reactive ketones (excluding diaryl/α,β-unsaturated/α-hetero) is 1. The molecule has 0 amide bonds. The molecule has 0 aliphatic carbocycles. The Morgan fingerprint density at radius 2 is 1.61 bits per heavy atom. The second-order valence-electron chi connectivity index (χ2n) is 3.80. The monoisotopic (exact) mass is 251 g/mol. The van der Waals surface area contributed by atoms with E-state index in [0.717, 1.165) is 0 Å². The molecule has 1 unspecified atom stereocenters. The molecule has 0 aliphatic heterocycles. The predicted molar refractivity (Wildman–Crippen MR) is 62.1 cm³/mol. The molecule has 6 nitrogen and oxygen atoms in total. The number of carboxylic acids is 2. The van der Waals surface area contributed by atoms with Gasteiger partial charge in [0.1, 0.15) is 12.0 Å². The van der Waals surface area contributed by atoms with Crippen LogP contribution in [0, 0.1) is 5.92 Å². The van der Waals surface area contributed by atoms with Crippen molar-refractivity contribution >= 4 is 17.7 Å². The van der Waals surface area contributed by atoms with Gasteiger partial charge in [0.2, 0.25) is 0 Å². The van der Waals surface area contributed by atoms with Crippen molar-refractivity contribution in [3.8, 4) is 0 Å². The number of rotatable bonds is 6. The Kier molecular flexibility index (Phi) is 4.56. The number of carboxylic acid groups (broad SMARTS) is 2. The summed E-state index contributed by atoms with van der Waals surface area (Å²) in [4.78, 5) is 33.5. The highest BCUT2D eigenvalue weighted by Gasteiger charge is 2.31. The molecule has 1 rings (SSSR count). The van der Waals surface area contributed by atoms with Crippen LogP contribution in [0.3, 0.4) is 0 Å². The molecule has 18 heavy (non-hydrogen) atoms. The first-order chi connectivity index (χ1) is 8.43. The van der Waals surface area contributed by atoms with Crippen LogP contribution < -0.4 is 5.73 Å². The Morgan fingerprint density at radius 3 is 2.06 bits per heavy atom. The zero-order chi connectivity index (χ0) is 13.7. The lowest BCUT2D eigenvalue weighted by Crippen LogP contribution is -2.37. The second kappa shape index (κ2) is 5.92. The van der Waals surface area contributed by atoms with Crippen LogP contribution in [0.15, 0.2) is 30.3 Å². The zero-order valence-electron chi connectivity index (χ0n) is 9.45. The number of ketones is 1. The largest absolute Gasteiger partial charge is 0.481 e. The van der Waals surface area contributed by atoms with Crippen molar-refractivity contribution in [2.45, 2.75) is 12.5 Å². The summed E-state index contributed by atoms with van der Waals surface area (Å²) in [5.74, 6) is -4.79. The van der Waals surface area contributed by atoms with Gasteiger partial charge in [0.25, 0.3) is 0 Å². The van der Waals surface area contributed by atoms with Crippen LogP contribution in [0.25, 0.3) is 0 Å². The fourth-order valence-corrected chi connectivity index (χ4v) is 1.48. The quantitative estimate of drug-likeness (QED) is 0.496. The number of benzene rings is 1. The minimum atomic E-state index is -1.45. The first-order valence-electron chi connectivity index (χ1n) is 5.24. The summed E-state index contributed by atoms with van der Waals surface area (Å²) in [6, 6.07) is 6.47. The summed E-state index contributed by atoms with van der Waals surface area (Å²) < 4.78 is 0. The molecule has 1 aromatic carbocycles. The van der Waals surface area contributed by atoms with Gasteiger partial charge in [-0.25, -0.2) is 0 Å². The van der Waals surface area contributed by atoms with Gasteiger partial charge in [-0.3, -0.25) is 14.4 Å². The Hall–Kier alpha value is -2.21. The number of nitrogens with two attached hydrogens (primary N) is 1. The number of hydrogen-bond donors (Lipinski definition) is 3. The molecule has 2 atom stereocenters. The molecule has 0 saturated heterocycles. The van der Waals surface area contributed by atoms with Gasteiger partial charge in [-0.1, -0.05) is 30.3 Å². The molecular formula is C12H13NO5. The normalized spacial score (nSPS) is 13.6. The Labute approximate surface area is 103 Å². The van der Waals surface area contributed by atoms with Crippen LogP contribution in [0.2, 0.25) is 0 Å². The van der Waals surface area contributed by atoms with Crippen molar-refractivity contribution in [2.75, 3.05) is 0 Å². The number of hydrogen-bond acceptors (Lipinski definition) is 4. The van der Waals surface area contributed by atoms with Crippen LogP contribution in [0.4, 0.5) is 0 Å². The van der Waals surface area contributed by atoms with Gasteiger partial charge >= 0.3 is 11.9 Å². The van der Waals surface area contributed by atoms with Gasteiger partial charge in [-0.2, -0.15) is 0 Å². The molecule has 4 N–H and O–H groups in total. The molecule has 0 aliphatic rings. The number of carbonyl (C=O) groups excluding carboxylic acids is 1. The molecule has 0 spiro atoms. The highest BCUT2D eigenvalue weighted by Crippen LogP contribution is 2.14. The predicted octanol–water partition coefficient (Wildman–Crippen LogP) is 0.372. The molecule has 0 heterocycles. The van der Waals surface area contributed by atoms with Crippen molar-refractivity contribution in [3.05, 3.63) is 35.9 Å². The Balaban J connectivity index is 2.90. The maximum Gasteiger partial charge on any atom is 0.320 e. The minimum Gasteiger partial charge on any atom is -0.481 e. The van der Waals surface area contributed by atoms with Crippen molar-refractivity contribution in [1.29, 1.82) is 0 Å². The van der Waals surface area contributed by atoms with Gasteiger partial charge in [-0.05, 0) is 6.42 Å². The van der Waals surface area contributed by atoms with Crippen molar-refractivity contribution in [2.24, 2.45) is 11.7 Å². The van der Waals surface area contributed by atoms with Gasteiger partial charge in [0.05, 0.1) is 0 Å². The number of carbonyl (C=O) groups is 3. The summed E-state index contributed by atoms with van der Waals surface area (Å²) in [6.45, 7) is 0. The van der Waals surface area contributed by atoms with E-state index >= 15 is 0 Å². The molecule has 0 bridgehead atoms. The highest BCUT2D eigenvalue weighted by molar-refractivity contribution is 6.08. The minimum absolute atomic E-state index is 0.225. The van der Waals surface area contributed by atoms with Crippen LogP contribution in [-0.4, -0.2) is 34.0 Å². The lowest BCUT2D eigenvalue weighted by atomic mass is 9.91. The first-order valence-corrected chi connectivity index (χ1v) is 5.24. The van der Waals surface area contributed by atoms with E-state index in [2.05, 4.69) is 0 Å². The maximum absolute atomic E-state index is 11.9. The highest BCUT2D eigenvalue weighted by atomic mass is 16.4. The summed E-state index contributed by atoms with van der Waals surface area (Å²) >= 11 is 0. The zero-order valence-corrected chi connectivity index (χ0v) is 9.45. The van der Waals surface area contributed by atoms with Gasteiger partial charge < -0.3 is 15.9 Å². The molecular weight excluding hydrogens is 238 g/mol. The molecule has 1 aromatic rings. The topological polar surface area (TPSA) is 118 Å². The third-order valence-electron chi connectivity index (χ3n) is 2.48. The number of aliphatic carboxylic acids is 2. The van der Waals surface area contributed by atoms with Crippen molar-refractivity contribution < 1.29 is 24.6 Å². The van der Waals surface area contributed by atoms with Gasteiger partial charge in [-0.15, -0.1) is 0 Å². The van der Waals surface area contributed by atoms with Crippen molar-refractivity contribution in [1.82, 2.24) is 0 Å². The van der Waals surface area contributed by atoms with Crippen LogP contribution in [0.5, 0.6) is 0 Å². The lowest BCUT2D eigenvalue weighted by Gasteiger charge is -2.13. The lowest BCUT2D eigenvalue weighted by molar-refractivity contribution is -0.142. The SMILES string of the molecule is N[C@@H](CC(C(=O)O)C(=O)c1ccccc1)C(=O)O. The van der Waals surface area contributed by atoms with E-state index in [1.807, 2.05) is 0 Å². The van der Waals surface area contributed by atoms with Gasteiger partial charge in [0.15, 0.2) is 5.78 Å². The van der Waals surface area contributed by atoms with Crippen LogP contribution in [0.1, 0.15) is 16.8 Å². The molecule has 6 heteroatoms. The van der Waals surface area contributed by atoms with E-state index in [1.54, 1.807) is 18.2 Å². The van der Waals surface area contributed by atoms with E-state index in [0.29, 0.717) is 0 Å². The average Bonchev–Trinajstić information content (AvgIpc) is 2.35. The van der Waals surface area contributed by atoms with Crippen molar-refractivity contribution in [3.63, 3.8) is 0 Å². The Bertz CT molecular complexity index is 457. The summed E-state index contributed by atoms with van der Waals surface area (Å²) in [5.41, 5.74) is 5.48. The molecule has 96 valence electrons. The summed E-state index contributed by atoms with van der Waals surface area (Å²) in [7, 11) is 0. The Morgan fingerprint density at radius 1 is 1.06 bits per heavy atom. The van der Waals surface area contributed by atoms with Gasteiger partial charge in [0, 0.05) is 5.56 Å². The van der Waals surface area contributed by atoms with Crippen LogP contribution >= 0.6 is 0 Å². The third kappa shape index (κ3) is 3.39. The molecule has 0 fully saturated rings. The molecule has 0 saturated carbocycles. The fourth-order valence-electron chi connectivity index (χ4n) is 1.48. The summed E-state index contributed by atoms with van der Waals surface area (Å²) in [5, 5.41) is 17.6. The molecule has 0 radical (unpaired) electrons.